The summed E-state index contributed by atoms with van der Waals surface area (Å²) in [7, 11) is -4.49. The van der Waals surface area contributed by atoms with E-state index < -0.39 is 88.3 Å². The van der Waals surface area contributed by atoms with Crippen molar-refractivity contribution in [2.75, 3.05) is 17.3 Å². The lowest BCUT2D eigenvalue weighted by molar-refractivity contribution is -0.223. The molecule has 270 valence electrons. The molecule has 8 atom stereocenters. The highest BCUT2D eigenvalue weighted by atomic mass is 32.2. The Morgan fingerprint density at radius 2 is 1.43 bits per heavy atom. The van der Waals surface area contributed by atoms with Gasteiger partial charge in [-0.05, 0) is 89.7 Å². The Bertz CT molecular complexity index is 1980. The number of amides is 1. The van der Waals surface area contributed by atoms with Crippen LogP contribution in [0, 0.1) is 17.6 Å². The number of ether oxygens (including phenoxy) is 1. The summed E-state index contributed by atoms with van der Waals surface area (Å²) in [5, 5.41) is 62.1. The fourth-order valence-electron chi connectivity index (χ4n) is 6.80. The van der Waals surface area contributed by atoms with Gasteiger partial charge < -0.3 is 40.3 Å². The van der Waals surface area contributed by atoms with Gasteiger partial charge in [0.2, 0.25) is 5.91 Å². The summed E-state index contributed by atoms with van der Waals surface area (Å²) in [6, 6.07) is 20.0. The van der Waals surface area contributed by atoms with Gasteiger partial charge in [0.15, 0.2) is 9.84 Å². The molecule has 2 saturated heterocycles. The summed E-state index contributed by atoms with van der Waals surface area (Å²) in [4.78, 5) is 14.9. The lowest BCUT2D eigenvalue weighted by Gasteiger charge is -2.48. The average Bonchev–Trinajstić information content (AvgIpc) is 3.11. The van der Waals surface area contributed by atoms with Crippen LogP contribution < -0.4 is 4.90 Å². The van der Waals surface area contributed by atoms with Crippen molar-refractivity contribution in [2.24, 2.45) is 5.92 Å². The van der Waals surface area contributed by atoms with Gasteiger partial charge in [-0.3, -0.25) is 4.79 Å². The second-order valence-electron chi connectivity index (χ2n) is 12.8. The number of halogens is 2. The molecule has 1 unspecified atom stereocenters. The number of phenols is 1. The Labute approximate surface area is 292 Å². The summed E-state index contributed by atoms with van der Waals surface area (Å²) < 4.78 is 61.8. The Morgan fingerprint density at radius 1 is 0.804 bits per heavy atom. The van der Waals surface area contributed by atoms with Gasteiger partial charge >= 0.3 is 0 Å². The molecule has 4 aromatic carbocycles. The molecule has 2 heterocycles. The fraction of sp³-hybridized carbons (Fsp3) is 0.324. The smallest absolute Gasteiger partial charge is 0.233 e. The molecule has 4 aromatic rings. The summed E-state index contributed by atoms with van der Waals surface area (Å²) in [6.07, 6.45) is -9.20. The number of carbonyl (C=O) groups excluding carboxylic acids is 1. The predicted molar refractivity (Wildman–Crippen MR) is 180 cm³/mol. The summed E-state index contributed by atoms with van der Waals surface area (Å²) in [5.74, 6) is -3.28. The number of hydrogen-bond acceptors (Lipinski definition) is 10. The highest BCUT2D eigenvalue weighted by Gasteiger charge is 2.51. The number of phenolic OH excluding ortho intramolecular Hbond substituents is 1. The third kappa shape index (κ3) is 7.39. The number of aliphatic hydroxyl groups excluding tert-OH is 5. The minimum absolute atomic E-state index is 0.0596. The molecule has 14 heteroatoms. The van der Waals surface area contributed by atoms with E-state index in [0.717, 1.165) is 12.1 Å². The SMILES string of the molecule is O=C1[C@H](CC[C@H](O)c2ccc(F)cc2)[C@@H](c2ccc(-c3cccc(O)c3)cc2S(=O)(=O)CC2O[C@H](CO)[C@@H](O)[C@H](O)[C@H]2O)N1c1ccc(F)cc1. The molecule has 6 rings (SSSR count). The Balaban J connectivity index is 1.43. The van der Waals surface area contributed by atoms with Crippen molar-refractivity contribution in [2.45, 2.75) is 60.4 Å². The van der Waals surface area contributed by atoms with Crippen LogP contribution in [0.25, 0.3) is 11.1 Å². The molecule has 0 saturated carbocycles. The number of aromatic hydroxyl groups is 1. The van der Waals surface area contributed by atoms with E-state index in [2.05, 4.69) is 0 Å². The summed E-state index contributed by atoms with van der Waals surface area (Å²) >= 11 is 0. The highest BCUT2D eigenvalue weighted by molar-refractivity contribution is 7.91. The zero-order valence-electron chi connectivity index (χ0n) is 27.0. The van der Waals surface area contributed by atoms with Gasteiger partial charge in [0, 0.05) is 5.69 Å². The number of rotatable bonds is 11. The number of anilines is 1. The molecule has 51 heavy (non-hydrogen) atoms. The second-order valence-corrected chi connectivity index (χ2v) is 14.8. The van der Waals surface area contributed by atoms with Crippen molar-refractivity contribution >= 4 is 21.4 Å². The molecule has 6 N–H and O–H groups in total. The van der Waals surface area contributed by atoms with Crippen LogP contribution in [-0.4, -0.2) is 87.8 Å². The standard InChI is InChI=1S/C37H37F2NO10S/c38-23-7-4-20(5-8-23)29(43)15-14-28-33(40(37(28)47)25-11-9-24(39)10-12-25)27-13-6-22(21-2-1-3-26(42)16-21)17-32(27)51(48,49)19-31-35(45)36(46)34(44)30(18-41)50-31/h1-13,16-17,28-31,33-36,41-46H,14-15,18-19H2/t28-,29+,30-,31?,33-,34-,35+,36+/m1/s1. The normalized spacial score (nSPS) is 25.7. The van der Waals surface area contributed by atoms with E-state index >= 15 is 0 Å². The van der Waals surface area contributed by atoms with E-state index in [1.165, 1.54) is 65.6 Å². The van der Waals surface area contributed by atoms with Crippen molar-refractivity contribution in [3.8, 4) is 16.9 Å². The maximum absolute atomic E-state index is 14.4. The van der Waals surface area contributed by atoms with Crippen LogP contribution in [-0.2, 0) is 19.4 Å². The topological polar surface area (TPSA) is 185 Å². The van der Waals surface area contributed by atoms with E-state index in [0.29, 0.717) is 16.7 Å². The van der Waals surface area contributed by atoms with Crippen LogP contribution in [0.3, 0.4) is 0 Å². The zero-order chi connectivity index (χ0) is 36.6. The van der Waals surface area contributed by atoms with Gasteiger partial charge in [-0.1, -0.05) is 36.4 Å². The van der Waals surface area contributed by atoms with Crippen molar-refractivity contribution in [1.29, 1.82) is 0 Å². The maximum atomic E-state index is 14.4. The molecule has 2 aliphatic heterocycles. The number of β-lactam (4-membered cyclic amide) rings is 1. The summed E-state index contributed by atoms with van der Waals surface area (Å²) in [5.41, 5.74) is 1.72. The largest absolute Gasteiger partial charge is 0.508 e. The van der Waals surface area contributed by atoms with E-state index in [9.17, 15) is 52.6 Å². The van der Waals surface area contributed by atoms with Gasteiger partial charge in [0.05, 0.1) is 35.3 Å². The molecule has 0 bridgehead atoms. The van der Waals surface area contributed by atoms with E-state index in [1.807, 2.05) is 0 Å². The Kier molecular flexibility index (Phi) is 10.6. The van der Waals surface area contributed by atoms with Crippen molar-refractivity contribution in [3.63, 3.8) is 0 Å². The van der Waals surface area contributed by atoms with Gasteiger partial charge in [0.1, 0.15) is 47.9 Å². The quantitative estimate of drug-likeness (QED) is 0.126. The fourth-order valence-corrected chi connectivity index (χ4v) is 8.54. The Hall–Kier alpha value is -4.28. The molecule has 2 aliphatic rings. The molecular formula is C37H37F2NO10S. The molecule has 0 aliphatic carbocycles. The van der Waals surface area contributed by atoms with Crippen molar-refractivity contribution in [3.05, 3.63) is 114 Å². The lowest BCUT2D eigenvalue weighted by Crippen LogP contribution is -2.60. The molecule has 1 amide bonds. The Morgan fingerprint density at radius 3 is 2.08 bits per heavy atom. The molecule has 2 fully saturated rings. The van der Waals surface area contributed by atoms with Gasteiger partial charge in [-0.25, -0.2) is 17.2 Å². The van der Waals surface area contributed by atoms with Crippen molar-refractivity contribution in [1.82, 2.24) is 0 Å². The highest BCUT2D eigenvalue weighted by Crippen LogP contribution is 2.49. The van der Waals surface area contributed by atoms with E-state index in [-0.39, 0.29) is 34.7 Å². The van der Waals surface area contributed by atoms with Crippen LogP contribution in [0.15, 0.2) is 95.9 Å². The zero-order valence-corrected chi connectivity index (χ0v) is 27.9. The third-order valence-electron chi connectivity index (χ3n) is 9.55. The molecule has 0 spiro atoms. The van der Waals surface area contributed by atoms with Crippen LogP contribution >= 0.6 is 0 Å². The summed E-state index contributed by atoms with van der Waals surface area (Å²) in [6.45, 7) is -0.762. The molecule has 11 nitrogen and oxygen atoms in total. The average molecular weight is 726 g/mol. The minimum Gasteiger partial charge on any atom is -0.508 e. The minimum atomic E-state index is -4.49. The number of carbonyl (C=O) groups is 1. The number of hydrogen-bond donors (Lipinski definition) is 6. The number of sulfone groups is 1. The second kappa shape index (κ2) is 14.8. The molecule has 0 radical (unpaired) electrons. The first-order valence-electron chi connectivity index (χ1n) is 16.3. The number of nitrogens with zero attached hydrogens (tertiary/aromatic N) is 1. The van der Waals surface area contributed by atoms with Crippen LogP contribution in [0.5, 0.6) is 5.75 Å². The van der Waals surface area contributed by atoms with Gasteiger partial charge in [-0.15, -0.1) is 0 Å². The number of aliphatic hydroxyl groups is 5. The first-order valence-corrected chi connectivity index (χ1v) is 17.9. The number of benzene rings is 4. The van der Waals surface area contributed by atoms with Crippen LogP contribution in [0.4, 0.5) is 14.5 Å². The van der Waals surface area contributed by atoms with Crippen molar-refractivity contribution < 1.29 is 57.4 Å². The monoisotopic (exact) mass is 725 g/mol. The lowest BCUT2D eigenvalue weighted by atomic mass is 9.78. The predicted octanol–water partition coefficient (Wildman–Crippen LogP) is 3.17. The molecular weight excluding hydrogens is 688 g/mol. The van der Waals surface area contributed by atoms with E-state index in [1.54, 1.807) is 18.2 Å². The van der Waals surface area contributed by atoms with E-state index in [4.69, 9.17) is 4.74 Å². The molecule has 0 aromatic heterocycles. The third-order valence-corrected chi connectivity index (χ3v) is 11.3. The van der Waals surface area contributed by atoms with Crippen LogP contribution in [0.1, 0.15) is 36.1 Å². The van der Waals surface area contributed by atoms with Gasteiger partial charge in [-0.2, -0.15) is 0 Å². The maximum Gasteiger partial charge on any atom is 0.233 e. The van der Waals surface area contributed by atoms with Gasteiger partial charge in [0.25, 0.3) is 0 Å². The first-order chi connectivity index (χ1) is 24.3. The van der Waals surface area contributed by atoms with Crippen LogP contribution in [0.2, 0.25) is 0 Å². The first kappa shape index (κ1) is 36.5.